The Morgan fingerprint density at radius 1 is 1.37 bits per heavy atom. The van der Waals surface area contributed by atoms with Crippen LogP contribution in [0.2, 0.25) is 0 Å². The highest BCUT2D eigenvalue weighted by molar-refractivity contribution is 7.15. The summed E-state index contributed by atoms with van der Waals surface area (Å²) in [6.45, 7) is -0.180. The van der Waals surface area contributed by atoms with Crippen LogP contribution in [0.3, 0.4) is 0 Å². The van der Waals surface area contributed by atoms with E-state index in [0.717, 1.165) is 5.69 Å². The number of anilines is 1. The van der Waals surface area contributed by atoms with Crippen LogP contribution in [0.25, 0.3) is 11.0 Å². The van der Waals surface area contributed by atoms with Gasteiger partial charge in [0.25, 0.3) is 5.56 Å². The molecular weight excluding hydrogens is 364 g/mol. The molecule has 0 fully saturated rings. The van der Waals surface area contributed by atoms with Gasteiger partial charge in [0.05, 0.1) is 5.69 Å². The zero-order valence-corrected chi connectivity index (χ0v) is 15.6. The first-order valence-corrected chi connectivity index (χ1v) is 8.88. The van der Waals surface area contributed by atoms with Crippen LogP contribution < -0.4 is 10.5 Å². The maximum absolute atomic E-state index is 12.2. The molecule has 0 bridgehead atoms. The van der Waals surface area contributed by atoms with Crippen LogP contribution in [-0.2, 0) is 16.1 Å². The summed E-state index contributed by atoms with van der Waals surface area (Å²) in [6.07, 6.45) is 3.09. The van der Waals surface area contributed by atoms with Crippen LogP contribution in [-0.4, -0.2) is 29.4 Å². The number of carbonyl (C=O) groups excluding carboxylic acids is 1. The monoisotopic (exact) mass is 380 g/mol. The Balaban J connectivity index is 1.72. The van der Waals surface area contributed by atoms with Crippen molar-refractivity contribution in [1.29, 1.82) is 5.26 Å². The average molecular weight is 380 g/mol. The number of hydrogen-bond acceptors (Lipinski definition) is 7. The van der Waals surface area contributed by atoms with Gasteiger partial charge in [0.15, 0.2) is 4.96 Å². The van der Waals surface area contributed by atoms with E-state index in [1.165, 1.54) is 27.9 Å². The SMILES string of the molecule is CN(C)c1ccc(/C=C(\C#N)C(=O)OCc2cc(=O)n3ccsc3n2)cc1. The quantitative estimate of drug-likeness (QED) is 0.384. The summed E-state index contributed by atoms with van der Waals surface area (Å²) in [5.41, 5.74) is 1.69. The number of nitrogens with zero attached hydrogens (tertiary/aromatic N) is 4. The maximum Gasteiger partial charge on any atom is 0.349 e. The topological polar surface area (TPSA) is 87.7 Å². The molecule has 0 aliphatic heterocycles. The van der Waals surface area contributed by atoms with Gasteiger partial charge in [-0.05, 0) is 23.8 Å². The highest BCUT2D eigenvalue weighted by atomic mass is 32.1. The number of carbonyl (C=O) groups is 1. The normalized spacial score (nSPS) is 11.2. The lowest BCUT2D eigenvalue weighted by molar-refractivity contribution is -0.139. The Kier molecular flexibility index (Phi) is 5.33. The fraction of sp³-hybridized carbons (Fsp3) is 0.158. The van der Waals surface area contributed by atoms with Crippen LogP contribution in [0.1, 0.15) is 11.3 Å². The minimum Gasteiger partial charge on any atom is -0.455 e. The summed E-state index contributed by atoms with van der Waals surface area (Å²) in [7, 11) is 3.85. The largest absolute Gasteiger partial charge is 0.455 e. The molecule has 0 atom stereocenters. The van der Waals surface area contributed by atoms with Crippen molar-refractivity contribution in [2.24, 2.45) is 0 Å². The molecule has 136 valence electrons. The Hall–Kier alpha value is -3.44. The van der Waals surface area contributed by atoms with Crippen LogP contribution >= 0.6 is 11.3 Å². The third-order valence-electron chi connectivity index (χ3n) is 3.77. The van der Waals surface area contributed by atoms with Crippen LogP contribution in [0.5, 0.6) is 0 Å². The zero-order valence-electron chi connectivity index (χ0n) is 14.7. The van der Waals surface area contributed by atoms with Gasteiger partial charge in [0.1, 0.15) is 18.2 Å². The third kappa shape index (κ3) is 4.22. The molecule has 8 heteroatoms. The first kappa shape index (κ1) is 18.4. The minimum atomic E-state index is -0.762. The second-order valence-corrected chi connectivity index (χ2v) is 6.75. The molecule has 2 aromatic heterocycles. The summed E-state index contributed by atoms with van der Waals surface area (Å²) in [5.74, 6) is -0.762. The smallest absolute Gasteiger partial charge is 0.349 e. The fourth-order valence-corrected chi connectivity index (χ4v) is 3.09. The second kappa shape index (κ2) is 7.85. The van der Waals surface area contributed by atoms with Gasteiger partial charge in [-0.3, -0.25) is 9.20 Å². The first-order valence-electron chi connectivity index (χ1n) is 8.00. The van der Waals surface area contributed by atoms with Crippen molar-refractivity contribution < 1.29 is 9.53 Å². The number of rotatable bonds is 5. The van der Waals surface area contributed by atoms with E-state index in [1.54, 1.807) is 11.6 Å². The van der Waals surface area contributed by atoms with E-state index in [0.29, 0.717) is 16.2 Å². The van der Waals surface area contributed by atoms with E-state index >= 15 is 0 Å². The van der Waals surface area contributed by atoms with Crippen molar-refractivity contribution in [1.82, 2.24) is 9.38 Å². The molecule has 3 rings (SSSR count). The number of ether oxygens (including phenoxy) is 1. The molecule has 0 aliphatic carbocycles. The van der Waals surface area contributed by atoms with Crippen molar-refractivity contribution >= 4 is 34.0 Å². The standard InChI is InChI=1S/C19H16N4O3S/c1-22(2)16-5-3-13(4-6-16)9-14(11-20)18(25)26-12-15-10-17(24)23-7-8-27-19(23)21-15/h3-10H,12H2,1-2H3/b14-9+. The van der Waals surface area contributed by atoms with Crippen LogP contribution in [0.4, 0.5) is 5.69 Å². The molecule has 27 heavy (non-hydrogen) atoms. The molecule has 0 spiro atoms. The Morgan fingerprint density at radius 3 is 2.78 bits per heavy atom. The molecule has 0 amide bonds. The van der Waals surface area contributed by atoms with E-state index in [2.05, 4.69) is 4.98 Å². The van der Waals surface area contributed by atoms with E-state index in [4.69, 9.17) is 4.74 Å². The Labute approximate surface area is 159 Å². The minimum absolute atomic E-state index is 0.124. The number of esters is 1. The molecule has 1 aromatic carbocycles. The van der Waals surface area contributed by atoms with Gasteiger partial charge in [0, 0.05) is 37.4 Å². The molecule has 0 saturated heterocycles. The lowest BCUT2D eigenvalue weighted by atomic mass is 10.1. The predicted molar refractivity (Wildman–Crippen MR) is 103 cm³/mol. The molecule has 0 radical (unpaired) electrons. The first-order chi connectivity index (χ1) is 13.0. The van der Waals surface area contributed by atoms with Gasteiger partial charge in [-0.25, -0.2) is 9.78 Å². The molecule has 0 aliphatic rings. The molecular formula is C19H16N4O3S. The van der Waals surface area contributed by atoms with Gasteiger partial charge in [0.2, 0.25) is 0 Å². The number of hydrogen-bond donors (Lipinski definition) is 0. The number of aromatic nitrogens is 2. The molecule has 0 unspecified atom stereocenters. The van der Waals surface area contributed by atoms with Crippen LogP contribution in [0.15, 0.2) is 52.3 Å². The summed E-state index contributed by atoms with van der Waals surface area (Å²) in [4.78, 5) is 30.9. The second-order valence-electron chi connectivity index (χ2n) is 5.87. The molecule has 0 saturated carbocycles. The molecule has 2 heterocycles. The van der Waals surface area contributed by atoms with Gasteiger partial charge >= 0.3 is 5.97 Å². The van der Waals surface area contributed by atoms with Crippen molar-refractivity contribution in [2.45, 2.75) is 6.61 Å². The summed E-state index contributed by atoms with van der Waals surface area (Å²) < 4.78 is 6.56. The van der Waals surface area contributed by atoms with E-state index in [1.807, 2.05) is 49.3 Å². The van der Waals surface area contributed by atoms with E-state index in [-0.39, 0.29) is 17.7 Å². The lowest BCUT2D eigenvalue weighted by Crippen LogP contribution is -2.15. The van der Waals surface area contributed by atoms with Crippen molar-refractivity contribution in [3.63, 3.8) is 0 Å². The number of fused-ring (bicyclic) bond motifs is 1. The van der Waals surface area contributed by atoms with Crippen molar-refractivity contribution in [2.75, 3.05) is 19.0 Å². The van der Waals surface area contributed by atoms with Crippen LogP contribution in [0, 0.1) is 11.3 Å². The highest BCUT2D eigenvalue weighted by Gasteiger charge is 2.12. The van der Waals surface area contributed by atoms with E-state index in [9.17, 15) is 14.9 Å². The number of thiazole rings is 1. The third-order valence-corrected chi connectivity index (χ3v) is 4.52. The highest BCUT2D eigenvalue weighted by Crippen LogP contribution is 2.15. The molecule has 3 aromatic rings. The zero-order chi connectivity index (χ0) is 19.4. The van der Waals surface area contributed by atoms with Gasteiger partial charge in [-0.1, -0.05) is 12.1 Å². The Morgan fingerprint density at radius 2 is 2.11 bits per heavy atom. The average Bonchev–Trinajstić information content (AvgIpc) is 3.13. The van der Waals surface area contributed by atoms with Gasteiger partial charge in [-0.15, -0.1) is 11.3 Å². The predicted octanol–water partition coefficient (Wildman–Crippen LogP) is 2.47. The summed E-state index contributed by atoms with van der Waals surface area (Å²) in [5, 5.41) is 11.0. The fourth-order valence-electron chi connectivity index (χ4n) is 2.35. The lowest BCUT2D eigenvalue weighted by Gasteiger charge is -2.11. The van der Waals surface area contributed by atoms with Crippen molar-refractivity contribution in [3.05, 3.63) is 69.1 Å². The van der Waals surface area contributed by atoms with Crippen molar-refractivity contribution in [3.8, 4) is 6.07 Å². The van der Waals surface area contributed by atoms with Gasteiger partial charge in [-0.2, -0.15) is 5.26 Å². The summed E-state index contributed by atoms with van der Waals surface area (Å²) >= 11 is 1.31. The van der Waals surface area contributed by atoms with Gasteiger partial charge < -0.3 is 9.64 Å². The molecule has 0 N–H and O–H groups in total. The number of nitriles is 1. The maximum atomic E-state index is 12.2. The Bertz CT molecular complexity index is 1100. The van der Waals surface area contributed by atoms with E-state index < -0.39 is 5.97 Å². The molecule has 7 nitrogen and oxygen atoms in total. The summed E-state index contributed by atoms with van der Waals surface area (Å²) in [6, 6.07) is 10.6. The number of benzene rings is 1.